The second-order valence-electron chi connectivity index (χ2n) is 4.02. The molecule has 0 nitrogen and oxygen atoms in total. The van der Waals surface area contributed by atoms with E-state index in [0.29, 0.717) is 0 Å². The Morgan fingerprint density at radius 1 is 0.706 bits per heavy atom. The molecule has 0 aliphatic rings. The molecule has 0 amide bonds. The average molecular weight is 394 g/mol. The van der Waals surface area contributed by atoms with Gasteiger partial charge >= 0.3 is 113 Å². The third-order valence-electron chi connectivity index (χ3n) is 2.93. The molecule has 0 aromatic heterocycles. The molecule has 17 heavy (non-hydrogen) atoms. The molecule has 0 aliphatic heterocycles. The number of hydrogen-bond donors (Lipinski definition) is 0. The Morgan fingerprint density at radius 3 is 1.53 bits per heavy atom. The third-order valence-corrected chi connectivity index (χ3v) is 7.37. The van der Waals surface area contributed by atoms with Crippen molar-refractivity contribution in [2.24, 2.45) is 0 Å². The van der Waals surface area contributed by atoms with E-state index >= 15 is 0 Å². The molecule has 0 heterocycles. The van der Waals surface area contributed by atoms with Crippen LogP contribution in [0.2, 0.25) is 0 Å². The summed E-state index contributed by atoms with van der Waals surface area (Å²) >= 11 is -0.589. The van der Waals surface area contributed by atoms with Gasteiger partial charge in [0.05, 0.1) is 0 Å². The molecule has 1 heteroatoms. The van der Waals surface area contributed by atoms with Crippen LogP contribution in [0.15, 0.2) is 48.5 Å². The summed E-state index contributed by atoms with van der Waals surface area (Å²) in [5.74, 6) is 0. The van der Waals surface area contributed by atoms with Gasteiger partial charge in [-0.1, -0.05) is 0 Å². The number of aryl methyl sites for hydroxylation is 2. The summed E-state index contributed by atoms with van der Waals surface area (Å²) in [5.41, 5.74) is 3.09. The molecule has 0 saturated heterocycles. The SMILES string of the molecule is CCc1cccc[c]1[W][c]1ccccc1CC. The maximum atomic E-state index is 2.33. The van der Waals surface area contributed by atoms with Crippen LogP contribution in [0.3, 0.4) is 0 Å². The molecule has 0 bridgehead atoms. The van der Waals surface area contributed by atoms with E-state index in [9.17, 15) is 0 Å². The van der Waals surface area contributed by atoms with Crippen LogP contribution in [0.5, 0.6) is 0 Å². The van der Waals surface area contributed by atoms with Gasteiger partial charge in [-0.25, -0.2) is 0 Å². The summed E-state index contributed by atoms with van der Waals surface area (Å²) in [5, 5.41) is 0. The molecule has 0 aliphatic carbocycles. The molecule has 88 valence electrons. The first-order chi connectivity index (χ1) is 8.35. The standard InChI is InChI=1S/2C8H9.W/c2*1-2-8-6-4-3-5-7-8;/h2*3-6H,2H2,1H3;. The van der Waals surface area contributed by atoms with Crippen molar-refractivity contribution in [2.45, 2.75) is 26.7 Å². The van der Waals surface area contributed by atoms with Crippen LogP contribution in [0, 0.1) is 0 Å². The number of benzene rings is 2. The fraction of sp³-hybridized carbons (Fsp3) is 0.250. The van der Waals surface area contributed by atoms with Crippen LogP contribution in [-0.4, -0.2) is 0 Å². The predicted octanol–water partition coefficient (Wildman–Crippen LogP) is 2.84. The Labute approximate surface area is 113 Å². The van der Waals surface area contributed by atoms with Crippen molar-refractivity contribution in [1.82, 2.24) is 0 Å². The average Bonchev–Trinajstić information content (AvgIpc) is 2.40. The Morgan fingerprint density at radius 2 is 1.12 bits per heavy atom. The maximum absolute atomic E-state index is 2.33. The minimum absolute atomic E-state index is 0.589. The summed E-state index contributed by atoms with van der Waals surface area (Å²) in [7, 11) is 0. The molecule has 0 N–H and O–H groups in total. The van der Waals surface area contributed by atoms with Crippen molar-refractivity contribution < 1.29 is 18.6 Å². The summed E-state index contributed by atoms with van der Waals surface area (Å²) < 4.78 is 3.27. The van der Waals surface area contributed by atoms with Gasteiger partial charge < -0.3 is 0 Å². The van der Waals surface area contributed by atoms with Crippen molar-refractivity contribution in [3.8, 4) is 0 Å². The van der Waals surface area contributed by atoms with E-state index in [1.807, 2.05) is 0 Å². The van der Waals surface area contributed by atoms with Crippen molar-refractivity contribution in [3.05, 3.63) is 59.7 Å². The molecule has 0 atom stereocenters. The van der Waals surface area contributed by atoms with E-state index in [2.05, 4.69) is 62.4 Å². The molecular weight excluding hydrogens is 376 g/mol. The van der Waals surface area contributed by atoms with E-state index in [1.54, 1.807) is 19.0 Å². The van der Waals surface area contributed by atoms with Gasteiger partial charge in [0.2, 0.25) is 0 Å². The Balaban J connectivity index is 2.31. The van der Waals surface area contributed by atoms with Crippen molar-refractivity contribution >= 4 is 7.91 Å². The Bertz CT molecular complexity index is 443. The molecular formula is C16H18W. The fourth-order valence-corrected chi connectivity index (χ4v) is 6.28. The van der Waals surface area contributed by atoms with E-state index < -0.39 is 18.6 Å². The van der Waals surface area contributed by atoms with Crippen LogP contribution < -0.4 is 7.91 Å². The van der Waals surface area contributed by atoms with Gasteiger partial charge in [0.1, 0.15) is 0 Å². The fourth-order valence-electron chi connectivity index (χ4n) is 1.91. The van der Waals surface area contributed by atoms with Crippen LogP contribution in [0.1, 0.15) is 25.0 Å². The van der Waals surface area contributed by atoms with E-state index in [-0.39, 0.29) is 0 Å². The molecule has 0 saturated carbocycles. The van der Waals surface area contributed by atoms with Gasteiger partial charge in [-0.3, -0.25) is 0 Å². The van der Waals surface area contributed by atoms with Gasteiger partial charge in [0.25, 0.3) is 0 Å². The van der Waals surface area contributed by atoms with Crippen molar-refractivity contribution in [2.75, 3.05) is 0 Å². The van der Waals surface area contributed by atoms with Gasteiger partial charge in [-0.15, -0.1) is 0 Å². The van der Waals surface area contributed by atoms with E-state index in [4.69, 9.17) is 0 Å². The van der Waals surface area contributed by atoms with Crippen LogP contribution in [0.25, 0.3) is 0 Å². The zero-order valence-corrected chi connectivity index (χ0v) is 13.4. The van der Waals surface area contributed by atoms with Crippen molar-refractivity contribution in [3.63, 3.8) is 0 Å². The van der Waals surface area contributed by atoms with Gasteiger partial charge in [0.15, 0.2) is 0 Å². The molecule has 0 spiro atoms. The topological polar surface area (TPSA) is 0 Å². The van der Waals surface area contributed by atoms with Crippen LogP contribution in [0.4, 0.5) is 0 Å². The second kappa shape index (κ2) is 6.17. The Hall–Kier alpha value is -0.872. The molecule has 0 fully saturated rings. The number of rotatable bonds is 4. The molecule has 0 unspecified atom stereocenters. The van der Waals surface area contributed by atoms with E-state index in [1.165, 1.54) is 0 Å². The van der Waals surface area contributed by atoms with Gasteiger partial charge in [-0.05, 0) is 0 Å². The first-order valence-corrected chi connectivity index (χ1v) is 9.12. The third kappa shape index (κ3) is 3.07. The van der Waals surface area contributed by atoms with Gasteiger partial charge in [0, 0.05) is 0 Å². The number of hydrogen-bond acceptors (Lipinski definition) is 0. The van der Waals surface area contributed by atoms with E-state index in [0.717, 1.165) is 12.8 Å². The quantitative estimate of drug-likeness (QED) is 0.749. The molecule has 2 aromatic rings. The van der Waals surface area contributed by atoms with Crippen molar-refractivity contribution in [1.29, 1.82) is 0 Å². The zero-order chi connectivity index (χ0) is 12.1. The summed E-state index contributed by atoms with van der Waals surface area (Å²) in [6.45, 7) is 4.51. The minimum atomic E-state index is -0.589. The van der Waals surface area contributed by atoms with Crippen LogP contribution in [-0.2, 0) is 31.4 Å². The molecule has 2 rings (SSSR count). The summed E-state index contributed by atoms with van der Waals surface area (Å²) in [4.78, 5) is 0. The zero-order valence-electron chi connectivity index (χ0n) is 10.4. The second-order valence-corrected chi connectivity index (χ2v) is 7.92. The first kappa shape index (κ1) is 12.6. The predicted molar refractivity (Wildman–Crippen MR) is 70.9 cm³/mol. The van der Waals surface area contributed by atoms with Gasteiger partial charge in [-0.2, -0.15) is 0 Å². The molecule has 2 aromatic carbocycles. The summed E-state index contributed by atoms with van der Waals surface area (Å²) in [6, 6.07) is 17.9. The molecule has 0 radical (unpaired) electrons. The monoisotopic (exact) mass is 394 g/mol. The van der Waals surface area contributed by atoms with Crippen LogP contribution >= 0.6 is 0 Å². The first-order valence-electron chi connectivity index (χ1n) is 6.18. The summed E-state index contributed by atoms with van der Waals surface area (Å²) in [6.07, 6.45) is 2.31. The Kier molecular flexibility index (Phi) is 4.56. The normalized spacial score (nSPS) is 10.5.